The van der Waals surface area contributed by atoms with Crippen molar-refractivity contribution in [1.29, 1.82) is 0 Å². The summed E-state index contributed by atoms with van der Waals surface area (Å²) >= 11 is 0. The number of hydrogen-bond donors (Lipinski definition) is 2. The van der Waals surface area contributed by atoms with Gasteiger partial charge in [0.25, 0.3) is 0 Å². The van der Waals surface area contributed by atoms with E-state index in [1.807, 2.05) is 0 Å². The summed E-state index contributed by atoms with van der Waals surface area (Å²) in [6.07, 6.45) is -0.536. The number of methoxy groups -OCH3 is 1. The zero-order valence-electron chi connectivity index (χ0n) is 17.1. The lowest BCUT2D eigenvalue weighted by atomic mass is 10.1. The first-order valence-corrected chi connectivity index (χ1v) is 9.08. The molecule has 1 rings (SSSR count). The fraction of sp³-hybridized carbons (Fsp3) is 0.550. The fourth-order valence-electron chi connectivity index (χ4n) is 2.38. The van der Waals surface area contributed by atoms with E-state index in [0.29, 0.717) is 12.0 Å². The highest BCUT2D eigenvalue weighted by atomic mass is 16.6. The molecular weight excluding hydrogens is 364 g/mol. The topological polar surface area (TPSA) is 117 Å². The van der Waals surface area contributed by atoms with Crippen LogP contribution in [-0.4, -0.2) is 42.8 Å². The summed E-state index contributed by atoms with van der Waals surface area (Å²) in [5.41, 5.74) is 5.89. The standard InChI is InChI=1S/C20H30N2O6/c1-13(27-12-14-6-8-15(9-7-14)18(24)26-5)16(10-11-17(21)23)22-19(25)28-20(2,3)4/h6-9,13,16H,10-12H2,1-5H3,(H2,21,23)(H,22,25)/t13-,16+/m1/s1. The Morgan fingerprint density at radius 1 is 1.14 bits per heavy atom. The van der Waals surface area contributed by atoms with Crippen LogP contribution in [0.15, 0.2) is 24.3 Å². The van der Waals surface area contributed by atoms with E-state index in [1.54, 1.807) is 52.0 Å². The minimum atomic E-state index is -0.635. The van der Waals surface area contributed by atoms with E-state index in [4.69, 9.17) is 15.2 Å². The zero-order valence-corrected chi connectivity index (χ0v) is 17.1. The molecule has 3 N–H and O–H groups in total. The summed E-state index contributed by atoms with van der Waals surface area (Å²) in [6, 6.07) is 6.38. The summed E-state index contributed by atoms with van der Waals surface area (Å²) in [5, 5.41) is 2.74. The van der Waals surface area contributed by atoms with Gasteiger partial charge < -0.3 is 25.3 Å². The number of amides is 2. The largest absolute Gasteiger partial charge is 0.465 e. The first kappa shape index (κ1) is 23.4. The van der Waals surface area contributed by atoms with Crippen molar-refractivity contribution in [3.8, 4) is 0 Å². The van der Waals surface area contributed by atoms with Crippen molar-refractivity contribution in [3.05, 3.63) is 35.4 Å². The summed E-state index contributed by atoms with van der Waals surface area (Å²) in [6.45, 7) is 7.37. The molecule has 1 aromatic rings. The molecule has 0 heterocycles. The number of ether oxygens (including phenoxy) is 3. The van der Waals surface area contributed by atoms with Crippen molar-refractivity contribution in [2.45, 2.75) is 64.9 Å². The molecular formula is C20H30N2O6. The zero-order chi connectivity index (χ0) is 21.3. The molecule has 0 fully saturated rings. The summed E-state index contributed by atoms with van der Waals surface area (Å²) < 4.78 is 15.8. The highest BCUT2D eigenvalue weighted by molar-refractivity contribution is 5.89. The van der Waals surface area contributed by atoms with Gasteiger partial charge in [0.15, 0.2) is 0 Å². The highest BCUT2D eigenvalue weighted by Crippen LogP contribution is 2.13. The summed E-state index contributed by atoms with van der Waals surface area (Å²) in [5.74, 6) is -0.865. The number of nitrogens with one attached hydrogen (secondary N) is 1. The molecule has 156 valence electrons. The number of carbonyl (C=O) groups is 3. The summed E-state index contributed by atoms with van der Waals surface area (Å²) in [7, 11) is 1.32. The van der Waals surface area contributed by atoms with Crippen LogP contribution in [0.3, 0.4) is 0 Å². The Bertz CT molecular complexity index is 666. The Balaban J connectivity index is 2.68. The van der Waals surface area contributed by atoms with E-state index in [9.17, 15) is 14.4 Å². The van der Waals surface area contributed by atoms with Gasteiger partial charge in [0.05, 0.1) is 31.4 Å². The third kappa shape index (κ3) is 8.85. The molecule has 0 unspecified atom stereocenters. The molecule has 0 saturated carbocycles. The Hall–Kier alpha value is -2.61. The lowest BCUT2D eigenvalue weighted by molar-refractivity contribution is -0.118. The minimum absolute atomic E-state index is 0.113. The average molecular weight is 394 g/mol. The van der Waals surface area contributed by atoms with Crippen molar-refractivity contribution in [1.82, 2.24) is 5.32 Å². The van der Waals surface area contributed by atoms with Crippen LogP contribution >= 0.6 is 0 Å². The second-order valence-corrected chi connectivity index (χ2v) is 7.46. The van der Waals surface area contributed by atoms with Gasteiger partial charge in [-0.25, -0.2) is 9.59 Å². The molecule has 0 aliphatic rings. The minimum Gasteiger partial charge on any atom is -0.465 e. The van der Waals surface area contributed by atoms with Gasteiger partial charge >= 0.3 is 12.1 Å². The predicted octanol–water partition coefficient (Wildman–Crippen LogP) is 2.54. The smallest absolute Gasteiger partial charge is 0.407 e. The highest BCUT2D eigenvalue weighted by Gasteiger charge is 2.24. The Morgan fingerprint density at radius 2 is 1.75 bits per heavy atom. The number of hydrogen-bond acceptors (Lipinski definition) is 6. The van der Waals surface area contributed by atoms with Gasteiger partial charge in [0.2, 0.25) is 5.91 Å². The molecule has 2 atom stereocenters. The van der Waals surface area contributed by atoms with Crippen molar-refractivity contribution in [2.24, 2.45) is 5.73 Å². The van der Waals surface area contributed by atoms with Crippen molar-refractivity contribution >= 4 is 18.0 Å². The Morgan fingerprint density at radius 3 is 2.25 bits per heavy atom. The van der Waals surface area contributed by atoms with Crippen LogP contribution in [0.2, 0.25) is 0 Å². The molecule has 28 heavy (non-hydrogen) atoms. The van der Waals surface area contributed by atoms with Gasteiger partial charge in [-0.3, -0.25) is 4.79 Å². The molecule has 0 radical (unpaired) electrons. The molecule has 2 amide bonds. The lowest BCUT2D eigenvalue weighted by Gasteiger charge is -2.27. The van der Waals surface area contributed by atoms with Gasteiger partial charge in [-0.15, -0.1) is 0 Å². The van der Waals surface area contributed by atoms with E-state index in [1.165, 1.54) is 7.11 Å². The molecule has 0 spiro atoms. The molecule has 0 aliphatic carbocycles. The average Bonchev–Trinajstić information content (AvgIpc) is 2.61. The number of primary amides is 1. The van der Waals surface area contributed by atoms with Crippen LogP contribution in [0.5, 0.6) is 0 Å². The number of esters is 1. The molecule has 8 nitrogen and oxygen atoms in total. The summed E-state index contributed by atoms with van der Waals surface area (Å²) in [4.78, 5) is 34.7. The maximum atomic E-state index is 12.1. The van der Waals surface area contributed by atoms with Crippen LogP contribution in [0.4, 0.5) is 4.79 Å². The van der Waals surface area contributed by atoms with Crippen molar-refractivity contribution in [2.75, 3.05) is 7.11 Å². The first-order chi connectivity index (χ1) is 13.0. The molecule has 0 aliphatic heterocycles. The molecule has 8 heteroatoms. The number of alkyl carbamates (subject to hydrolysis) is 1. The molecule has 0 bridgehead atoms. The van der Waals surface area contributed by atoms with Gasteiger partial charge in [0.1, 0.15) is 5.60 Å². The first-order valence-electron chi connectivity index (χ1n) is 9.08. The second-order valence-electron chi connectivity index (χ2n) is 7.46. The molecule has 0 saturated heterocycles. The normalized spacial score (nSPS) is 13.3. The maximum absolute atomic E-state index is 12.1. The van der Waals surface area contributed by atoms with Crippen LogP contribution in [-0.2, 0) is 25.6 Å². The van der Waals surface area contributed by atoms with Crippen molar-refractivity contribution in [3.63, 3.8) is 0 Å². The third-order valence-electron chi connectivity index (χ3n) is 3.86. The number of rotatable bonds is 9. The maximum Gasteiger partial charge on any atom is 0.407 e. The quantitative estimate of drug-likeness (QED) is 0.622. The molecule has 0 aromatic heterocycles. The molecule has 1 aromatic carbocycles. The monoisotopic (exact) mass is 394 g/mol. The van der Waals surface area contributed by atoms with E-state index in [0.717, 1.165) is 5.56 Å². The second kappa shape index (κ2) is 10.7. The number of carbonyl (C=O) groups excluding carboxylic acids is 3. The van der Waals surface area contributed by atoms with Crippen LogP contribution in [0.25, 0.3) is 0 Å². The van der Waals surface area contributed by atoms with E-state index in [2.05, 4.69) is 10.1 Å². The lowest BCUT2D eigenvalue weighted by Crippen LogP contribution is -2.45. The van der Waals surface area contributed by atoms with Crippen LogP contribution < -0.4 is 11.1 Å². The number of nitrogens with two attached hydrogens (primary N) is 1. The van der Waals surface area contributed by atoms with Gasteiger partial charge in [-0.1, -0.05) is 12.1 Å². The number of benzene rings is 1. The predicted molar refractivity (Wildman–Crippen MR) is 104 cm³/mol. The van der Waals surface area contributed by atoms with Gasteiger partial charge in [-0.2, -0.15) is 0 Å². The Kier molecular flexibility index (Phi) is 8.91. The van der Waals surface area contributed by atoms with E-state index >= 15 is 0 Å². The van der Waals surface area contributed by atoms with Crippen LogP contribution in [0.1, 0.15) is 56.5 Å². The van der Waals surface area contributed by atoms with Gasteiger partial charge in [0, 0.05) is 6.42 Å². The third-order valence-corrected chi connectivity index (χ3v) is 3.86. The SMILES string of the molecule is COC(=O)c1ccc(CO[C@H](C)[C@H](CCC(N)=O)NC(=O)OC(C)(C)C)cc1. The fourth-order valence-corrected chi connectivity index (χ4v) is 2.38. The Labute approximate surface area is 165 Å². The van der Waals surface area contributed by atoms with Crippen LogP contribution in [0, 0.1) is 0 Å². The van der Waals surface area contributed by atoms with E-state index < -0.39 is 35.7 Å². The van der Waals surface area contributed by atoms with E-state index in [-0.39, 0.29) is 13.0 Å². The van der Waals surface area contributed by atoms with Crippen molar-refractivity contribution < 1.29 is 28.6 Å². The van der Waals surface area contributed by atoms with Gasteiger partial charge in [-0.05, 0) is 51.8 Å².